The standard InChI is InChI=1S/C31H25Cl2NO5/c1-16-12-14-19(15-13-16)26(35)18(3)39-29(38)17(2)34-27(36)24-25(28(34)37)31(33)21-9-5-4-8-20(21)30(24,32)22-10-6-7-11-23(22)31/h4-15,17-18,24-25H,1-3H3/t17-,18-,24+,25+,30?,31?/m0/s1. The van der Waals surface area contributed by atoms with Crippen LogP contribution in [0.1, 0.15) is 52.0 Å². The zero-order chi connectivity index (χ0) is 27.9. The van der Waals surface area contributed by atoms with E-state index in [9.17, 15) is 19.2 Å². The Bertz CT molecular complexity index is 1440. The Balaban J connectivity index is 1.34. The number of nitrogens with zero attached hydrogens (tertiary/aromatic N) is 1. The molecule has 2 amide bonds. The minimum absolute atomic E-state index is 0.383. The van der Waals surface area contributed by atoms with Crippen LogP contribution in [0.15, 0.2) is 72.8 Å². The smallest absolute Gasteiger partial charge is 0.329 e. The molecule has 1 heterocycles. The SMILES string of the molecule is Cc1ccc(C(=O)[C@H](C)OC(=O)[C@H](C)N2C(=O)[C@H]3[C@H](C2=O)C2(Cl)c4ccccc4C3(Cl)c3ccccc32)cc1. The first kappa shape index (κ1) is 25.8. The van der Waals surface area contributed by atoms with Gasteiger partial charge in [-0.3, -0.25) is 19.3 Å². The Morgan fingerprint density at radius 1 is 0.769 bits per heavy atom. The number of hydrogen-bond donors (Lipinski definition) is 0. The maximum absolute atomic E-state index is 14.0. The van der Waals surface area contributed by atoms with Gasteiger partial charge in [0.05, 0.1) is 11.8 Å². The zero-order valence-corrected chi connectivity index (χ0v) is 23.0. The quantitative estimate of drug-likeness (QED) is 0.187. The second-order valence-electron chi connectivity index (χ2n) is 10.5. The van der Waals surface area contributed by atoms with E-state index >= 15 is 0 Å². The lowest BCUT2D eigenvalue weighted by Gasteiger charge is -2.54. The number of imide groups is 1. The molecule has 3 aromatic carbocycles. The van der Waals surface area contributed by atoms with Gasteiger partial charge in [0.25, 0.3) is 0 Å². The summed E-state index contributed by atoms with van der Waals surface area (Å²) in [4.78, 5) is 52.3. The highest BCUT2D eigenvalue weighted by atomic mass is 35.5. The minimum Gasteiger partial charge on any atom is -0.453 e. The van der Waals surface area contributed by atoms with Crippen LogP contribution in [0.25, 0.3) is 0 Å². The molecular weight excluding hydrogens is 537 g/mol. The summed E-state index contributed by atoms with van der Waals surface area (Å²) < 4.78 is 5.46. The van der Waals surface area contributed by atoms with E-state index < -0.39 is 51.5 Å². The van der Waals surface area contributed by atoms with Crippen molar-refractivity contribution in [3.05, 3.63) is 106 Å². The number of carbonyl (C=O) groups excluding carboxylic acids is 4. The van der Waals surface area contributed by atoms with Crippen molar-refractivity contribution in [3.63, 3.8) is 0 Å². The highest BCUT2D eigenvalue weighted by Gasteiger charge is 2.73. The van der Waals surface area contributed by atoms with Gasteiger partial charge in [0.15, 0.2) is 6.10 Å². The van der Waals surface area contributed by atoms with E-state index in [-0.39, 0.29) is 5.78 Å². The highest BCUT2D eigenvalue weighted by molar-refractivity contribution is 6.36. The van der Waals surface area contributed by atoms with Crippen molar-refractivity contribution in [1.82, 2.24) is 4.90 Å². The van der Waals surface area contributed by atoms with Gasteiger partial charge in [-0.25, -0.2) is 4.79 Å². The van der Waals surface area contributed by atoms with Gasteiger partial charge in [-0.2, -0.15) is 0 Å². The van der Waals surface area contributed by atoms with Crippen LogP contribution in [-0.4, -0.2) is 40.6 Å². The Labute approximate surface area is 235 Å². The molecule has 1 saturated heterocycles. The van der Waals surface area contributed by atoms with Gasteiger partial charge in [0.2, 0.25) is 17.6 Å². The highest BCUT2D eigenvalue weighted by Crippen LogP contribution is 2.69. The van der Waals surface area contributed by atoms with Crippen LogP contribution in [0, 0.1) is 18.8 Å². The molecule has 0 unspecified atom stereocenters. The molecule has 3 aliphatic carbocycles. The molecule has 6 nitrogen and oxygen atoms in total. The van der Waals surface area contributed by atoms with Crippen LogP contribution in [0.4, 0.5) is 0 Å². The molecule has 4 atom stereocenters. The first-order valence-corrected chi connectivity index (χ1v) is 13.5. The predicted molar refractivity (Wildman–Crippen MR) is 146 cm³/mol. The van der Waals surface area contributed by atoms with E-state index in [0.29, 0.717) is 27.8 Å². The molecule has 1 aliphatic heterocycles. The lowest BCUT2D eigenvalue weighted by atomic mass is 9.54. The number of amides is 2. The second-order valence-corrected chi connectivity index (χ2v) is 11.7. The molecule has 3 aromatic rings. The number of Topliss-reactive ketones (excluding diaryl/α,β-unsaturated/α-hetero) is 1. The maximum Gasteiger partial charge on any atom is 0.329 e. The van der Waals surface area contributed by atoms with Gasteiger partial charge >= 0.3 is 5.97 Å². The number of alkyl halides is 2. The fraction of sp³-hybridized carbons (Fsp3) is 0.290. The Kier molecular flexibility index (Phi) is 5.79. The van der Waals surface area contributed by atoms with Crippen molar-refractivity contribution in [3.8, 4) is 0 Å². The number of esters is 1. The third-order valence-electron chi connectivity index (χ3n) is 8.35. The van der Waals surface area contributed by atoms with Crippen molar-refractivity contribution in [1.29, 1.82) is 0 Å². The van der Waals surface area contributed by atoms with E-state index in [1.54, 1.807) is 24.3 Å². The summed E-state index contributed by atoms with van der Waals surface area (Å²) in [6.45, 7) is 4.79. The second kappa shape index (κ2) is 8.77. The fourth-order valence-corrected chi connectivity index (χ4v) is 7.55. The predicted octanol–water partition coefficient (Wildman–Crippen LogP) is 5.09. The van der Waals surface area contributed by atoms with Gasteiger partial charge in [-0.05, 0) is 43.0 Å². The zero-order valence-electron chi connectivity index (χ0n) is 21.5. The normalized spacial score (nSPS) is 27.9. The van der Waals surface area contributed by atoms with Crippen molar-refractivity contribution >= 4 is 46.8 Å². The summed E-state index contributed by atoms with van der Waals surface area (Å²) in [6, 6.07) is 20.3. The van der Waals surface area contributed by atoms with Crippen LogP contribution in [0.3, 0.4) is 0 Å². The number of ketones is 1. The van der Waals surface area contributed by atoms with Crippen LogP contribution in [0.5, 0.6) is 0 Å². The number of benzene rings is 3. The molecule has 39 heavy (non-hydrogen) atoms. The molecule has 0 aromatic heterocycles. The van der Waals surface area contributed by atoms with Crippen LogP contribution in [0.2, 0.25) is 0 Å². The van der Waals surface area contributed by atoms with E-state index in [1.807, 2.05) is 55.5 Å². The molecule has 1 fully saturated rings. The van der Waals surface area contributed by atoms with E-state index in [2.05, 4.69) is 0 Å². The average Bonchev–Trinajstić information content (AvgIpc) is 3.22. The minimum atomic E-state index is -1.34. The van der Waals surface area contributed by atoms with Crippen molar-refractivity contribution in [2.24, 2.45) is 11.8 Å². The number of aryl methyl sites for hydroxylation is 1. The molecule has 4 aliphatic rings. The first-order valence-electron chi connectivity index (χ1n) is 12.8. The Morgan fingerprint density at radius 2 is 1.18 bits per heavy atom. The summed E-state index contributed by atoms with van der Waals surface area (Å²) in [5.74, 6) is -4.46. The largest absolute Gasteiger partial charge is 0.453 e. The third kappa shape index (κ3) is 3.34. The van der Waals surface area contributed by atoms with Crippen LogP contribution >= 0.6 is 23.2 Å². The summed E-state index contributed by atoms with van der Waals surface area (Å²) in [6.07, 6.45) is -1.11. The molecule has 198 valence electrons. The third-order valence-corrected chi connectivity index (χ3v) is 9.63. The number of carbonyl (C=O) groups is 4. The molecular formula is C31H25Cl2NO5. The lowest BCUT2D eigenvalue weighted by Crippen LogP contribution is -2.57. The fourth-order valence-electron chi connectivity index (χ4n) is 6.45. The molecule has 7 rings (SSSR count). The summed E-state index contributed by atoms with van der Waals surface area (Å²) in [5, 5.41) is 0. The maximum atomic E-state index is 14.0. The molecule has 0 spiro atoms. The van der Waals surface area contributed by atoms with Gasteiger partial charge in [-0.15, -0.1) is 23.2 Å². The summed E-state index contributed by atoms with van der Waals surface area (Å²) in [7, 11) is 0. The average molecular weight is 562 g/mol. The Hall–Kier alpha value is -3.48. The van der Waals surface area contributed by atoms with Gasteiger partial charge < -0.3 is 4.74 Å². The van der Waals surface area contributed by atoms with Crippen LogP contribution < -0.4 is 0 Å². The number of hydrogen-bond acceptors (Lipinski definition) is 5. The molecule has 8 heteroatoms. The first-order chi connectivity index (χ1) is 18.5. The number of rotatable bonds is 5. The van der Waals surface area contributed by atoms with E-state index in [0.717, 1.165) is 10.5 Å². The summed E-state index contributed by atoms with van der Waals surface area (Å²) in [5.41, 5.74) is 4.10. The van der Waals surface area contributed by atoms with Crippen molar-refractivity contribution in [2.75, 3.05) is 0 Å². The van der Waals surface area contributed by atoms with Gasteiger partial charge in [-0.1, -0.05) is 78.4 Å². The van der Waals surface area contributed by atoms with Crippen molar-refractivity contribution in [2.45, 2.75) is 42.7 Å². The summed E-state index contributed by atoms with van der Waals surface area (Å²) >= 11 is 14.8. The van der Waals surface area contributed by atoms with E-state index in [4.69, 9.17) is 27.9 Å². The van der Waals surface area contributed by atoms with Gasteiger partial charge in [0.1, 0.15) is 15.8 Å². The van der Waals surface area contributed by atoms with Gasteiger partial charge in [0, 0.05) is 5.56 Å². The number of halogens is 2. The number of likely N-dealkylation sites (tertiary alicyclic amines) is 1. The molecule has 2 bridgehead atoms. The van der Waals surface area contributed by atoms with Crippen LogP contribution in [-0.2, 0) is 28.9 Å². The monoisotopic (exact) mass is 561 g/mol. The van der Waals surface area contributed by atoms with E-state index in [1.165, 1.54) is 13.8 Å². The Morgan fingerprint density at radius 3 is 1.59 bits per heavy atom. The topological polar surface area (TPSA) is 80.8 Å². The molecule has 0 radical (unpaired) electrons. The number of ether oxygens (including phenoxy) is 1. The lowest BCUT2D eigenvalue weighted by molar-refractivity contribution is -0.159. The molecule has 0 N–H and O–H groups in total. The van der Waals surface area contributed by atoms with Crippen molar-refractivity contribution < 1.29 is 23.9 Å². The molecule has 0 saturated carbocycles.